The molecule has 0 aromatic rings. The maximum atomic E-state index is 11.3. The van der Waals surface area contributed by atoms with Crippen LogP contribution in [0, 0.1) is 0 Å². The number of ether oxygens (including phenoxy) is 2. The number of alkyl carbamates (subject to hydrolysis) is 1. The second-order valence-electron chi connectivity index (χ2n) is 3.83. The fourth-order valence-electron chi connectivity index (χ4n) is 1.42. The van der Waals surface area contributed by atoms with Crippen LogP contribution in [0.4, 0.5) is 4.79 Å². The van der Waals surface area contributed by atoms with Gasteiger partial charge >= 0.3 is 20.9 Å². The monoisotopic (exact) mass is 321 g/mol. The standard InChI is InChI=1S/C12H23NO7Si/c1-5-11(14)19-9-7-13-12(15)20-8-6-10-21(16-2,17-3)18-4/h5H,1,6-10H2,2-4H3,(H,13,15). The van der Waals surface area contributed by atoms with Crippen LogP contribution in [-0.2, 0) is 27.5 Å². The van der Waals surface area contributed by atoms with Gasteiger partial charge in [-0.3, -0.25) is 0 Å². The molecule has 0 rings (SSSR count). The van der Waals surface area contributed by atoms with Crippen LogP contribution in [0.25, 0.3) is 0 Å². The molecule has 0 aliphatic carbocycles. The van der Waals surface area contributed by atoms with E-state index in [0.717, 1.165) is 6.08 Å². The highest BCUT2D eigenvalue weighted by Gasteiger charge is 2.36. The van der Waals surface area contributed by atoms with Crippen molar-refractivity contribution in [1.29, 1.82) is 0 Å². The molecule has 0 unspecified atom stereocenters. The quantitative estimate of drug-likeness (QED) is 0.259. The average Bonchev–Trinajstić information content (AvgIpc) is 2.52. The van der Waals surface area contributed by atoms with E-state index in [1.165, 1.54) is 21.3 Å². The molecule has 0 saturated carbocycles. The summed E-state index contributed by atoms with van der Waals surface area (Å²) in [6.07, 6.45) is 1.03. The summed E-state index contributed by atoms with van der Waals surface area (Å²) in [5, 5.41) is 2.45. The molecular weight excluding hydrogens is 298 g/mol. The topological polar surface area (TPSA) is 92.3 Å². The van der Waals surface area contributed by atoms with Crippen LogP contribution < -0.4 is 5.32 Å². The Labute approximate surface area is 125 Å². The summed E-state index contributed by atoms with van der Waals surface area (Å²) in [6.45, 7) is 3.70. The highest BCUT2D eigenvalue weighted by Crippen LogP contribution is 2.14. The molecule has 0 spiro atoms. The van der Waals surface area contributed by atoms with E-state index < -0.39 is 20.9 Å². The Hall–Kier alpha value is -1.42. The Bertz CT molecular complexity index is 325. The largest absolute Gasteiger partial charge is 0.500 e. The average molecular weight is 321 g/mol. The van der Waals surface area contributed by atoms with Gasteiger partial charge in [0.2, 0.25) is 0 Å². The molecular formula is C12H23NO7Si. The summed E-state index contributed by atoms with van der Waals surface area (Å²) >= 11 is 0. The van der Waals surface area contributed by atoms with Gasteiger partial charge in [-0.05, 0) is 6.42 Å². The van der Waals surface area contributed by atoms with E-state index in [9.17, 15) is 9.59 Å². The highest BCUT2D eigenvalue weighted by atomic mass is 28.4. The molecule has 0 saturated heterocycles. The van der Waals surface area contributed by atoms with Gasteiger partial charge in [-0.15, -0.1) is 0 Å². The Balaban J connectivity index is 3.70. The first-order valence-corrected chi connectivity index (χ1v) is 8.32. The van der Waals surface area contributed by atoms with Gasteiger partial charge in [0, 0.05) is 33.4 Å². The molecule has 0 aromatic carbocycles. The van der Waals surface area contributed by atoms with Crippen molar-refractivity contribution in [3.05, 3.63) is 12.7 Å². The number of nitrogens with one attached hydrogen (secondary N) is 1. The number of carbonyl (C=O) groups excluding carboxylic acids is 2. The number of hydrogen-bond acceptors (Lipinski definition) is 7. The van der Waals surface area contributed by atoms with Crippen molar-refractivity contribution in [2.24, 2.45) is 0 Å². The molecule has 0 radical (unpaired) electrons. The first kappa shape index (κ1) is 19.6. The molecule has 0 aliphatic rings. The fraction of sp³-hybridized carbons (Fsp3) is 0.667. The molecule has 1 amide bonds. The van der Waals surface area contributed by atoms with Crippen LogP contribution in [0.5, 0.6) is 0 Å². The third kappa shape index (κ3) is 8.45. The van der Waals surface area contributed by atoms with E-state index in [0.29, 0.717) is 12.5 Å². The minimum atomic E-state index is -2.62. The summed E-state index contributed by atoms with van der Waals surface area (Å²) in [4.78, 5) is 22.0. The number of esters is 1. The highest BCUT2D eigenvalue weighted by molar-refractivity contribution is 6.60. The van der Waals surface area contributed by atoms with E-state index in [2.05, 4.69) is 16.6 Å². The fourth-order valence-corrected chi connectivity index (χ4v) is 3.11. The van der Waals surface area contributed by atoms with Crippen molar-refractivity contribution in [1.82, 2.24) is 5.32 Å². The van der Waals surface area contributed by atoms with E-state index in [-0.39, 0.29) is 19.8 Å². The van der Waals surface area contributed by atoms with E-state index in [4.69, 9.17) is 18.0 Å². The number of rotatable bonds is 11. The Kier molecular flexibility index (Phi) is 10.5. The van der Waals surface area contributed by atoms with Gasteiger partial charge in [-0.1, -0.05) is 6.58 Å². The molecule has 0 atom stereocenters. The lowest BCUT2D eigenvalue weighted by Gasteiger charge is -2.24. The summed E-state index contributed by atoms with van der Waals surface area (Å²) < 4.78 is 25.3. The van der Waals surface area contributed by atoms with Crippen molar-refractivity contribution in [2.45, 2.75) is 12.5 Å². The van der Waals surface area contributed by atoms with Crippen LogP contribution >= 0.6 is 0 Å². The molecule has 8 nitrogen and oxygen atoms in total. The second-order valence-corrected chi connectivity index (χ2v) is 6.92. The SMILES string of the molecule is C=CC(=O)OCCNC(=O)OCCC[Si](OC)(OC)OC. The van der Waals surface area contributed by atoms with Crippen molar-refractivity contribution in [2.75, 3.05) is 41.1 Å². The van der Waals surface area contributed by atoms with E-state index >= 15 is 0 Å². The van der Waals surface area contributed by atoms with Crippen LogP contribution in [0.2, 0.25) is 6.04 Å². The lowest BCUT2D eigenvalue weighted by molar-refractivity contribution is -0.137. The minimum absolute atomic E-state index is 0.0625. The lowest BCUT2D eigenvalue weighted by atomic mass is 10.5. The van der Waals surface area contributed by atoms with Gasteiger partial charge < -0.3 is 28.1 Å². The number of amides is 1. The van der Waals surface area contributed by atoms with Crippen LogP contribution in [0.3, 0.4) is 0 Å². The third-order valence-corrected chi connectivity index (χ3v) is 5.41. The molecule has 1 N–H and O–H groups in total. The van der Waals surface area contributed by atoms with Crippen LogP contribution in [0.15, 0.2) is 12.7 Å². The zero-order chi connectivity index (χ0) is 16.1. The zero-order valence-electron chi connectivity index (χ0n) is 12.7. The van der Waals surface area contributed by atoms with Crippen LogP contribution in [0.1, 0.15) is 6.42 Å². The van der Waals surface area contributed by atoms with Gasteiger partial charge in [0.05, 0.1) is 13.2 Å². The molecule has 0 bridgehead atoms. The second kappa shape index (κ2) is 11.3. The molecule has 9 heteroatoms. The molecule has 122 valence electrons. The maximum Gasteiger partial charge on any atom is 0.500 e. The van der Waals surface area contributed by atoms with E-state index in [1.807, 2.05) is 0 Å². The normalized spacial score (nSPS) is 10.8. The van der Waals surface area contributed by atoms with E-state index in [1.54, 1.807) is 0 Å². The van der Waals surface area contributed by atoms with Crippen molar-refractivity contribution in [3.8, 4) is 0 Å². The predicted molar refractivity (Wildman–Crippen MR) is 76.7 cm³/mol. The lowest BCUT2D eigenvalue weighted by Crippen LogP contribution is -2.42. The summed E-state index contributed by atoms with van der Waals surface area (Å²) in [5.41, 5.74) is 0. The van der Waals surface area contributed by atoms with Crippen molar-refractivity contribution in [3.63, 3.8) is 0 Å². The molecule has 0 fully saturated rings. The van der Waals surface area contributed by atoms with Gasteiger partial charge in [0.15, 0.2) is 0 Å². The Morgan fingerprint density at radius 1 is 1.10 bits per heavy atom. The van der Waals surface area contributed by atoms with Gasteiger partial charge in [0.1, 0.15) is 6.61 Å². The molecule has 0 heterocycles. The number of carbonyl (C=O) groups is 2. The third-order valence-electron chi connectivity index (χ3n) is 2.58. The molecule has 21 heavy (non-hydrogen) atoms. The minimum Gasteiger partial charge on any atom is -0.461 e. The maximum absolute atomic E-state index is 11.3. The zero-order valence-corrected chi connectivity index (χ0v) is 13.7. The summed E-state index contributed by atoms with van der Waals surface area (Å²) in [6, 6.07) is 0.542. The first-order valence-electron chi connectivity index (χ1n) is 6.38. The predicted octanol–water partition coefficient (Wildman–Crippen LogP) is 0.710. The van der Waals surface area contributed by atoms with Gasteiger partial charge in [-0.25, -0.2) is 9.59 Å². The Morgan fingerprint density at radius 2 is 1.71 bits per heavy atom. The van der Waals surface area contributed by atoms with Crippen molar-refractivity contribution >= 4 is 20.9 Å². The summed E-state index contributed by atoms with van der Waals surface area (Å²) in [7, 11) is 1.96. The van der Waals surface area contributed by atoms with Gasteiger partial charge in [-0.2, -0.15) is 0 Å². The molecule has 0 aromatic heterocycles. The first-order chi connectivity index (χ1) is 10.0. The van der Waals surface area contributed by atoms with Gasteiger partial charge in [0.25, 0.3) is 0 Å². The van der Waals surface area contributed by atoms with Crippen molar-refractivity contribution < 1.29 is 32.3 Å². The molecule has 0 aliphatic heterocycles. The number of hydrogen-bond donors (Lipinski definition) is 1. The summed E-state index contributed by atoms with van der Waals surface area (Å²) in [5.74, 6) is -0.537. The Morgan fingerprint density at radius 3 is 2.24 bits per heavy atom. The smallest absolute Gasteiger partial charge is 0.461 e. The van der Waals surface area contributed by atoms with Crippen LogP contribution in [-0.4, -0.2) is 62.0 Å².